The van der Waals surface area contributed by atoms with E-state index < -0.39 is 5.97 Å². The van der Waals surface area contributed by atoms with E-state index in [-0.39, 0.29) is 37.6 Å². The Morgan fingerprint density at radius 3 is 2.71 bits per heavy atom. The van der Waals surface area contributed by atoms with Gasteiger partial charge in [-0.25, -0.2) is 9.59 Å². The Morgan fingerprint density at radius 1 is 1.38 bits per heavy atom. The topological polar surface area (TPSA) is 99.2 Å². The van der Waals surface area contributed by atoms with Crippen molar-refractivity contribution in [3.63, 3.8) is 0 Å². The molecular weight excluding hydrogens is 278 g/mol. The first-order valence-corrected chi connectivity index (χ1v) is 6.95. The van der Waals surface area contributed by atoms with Crippen LogP contribution in [0.15, 0.2) is 0 Å². The molecule has 2 N–H and O–H groups in total. The van der Waals surface area contributed by atoms with Crippen LogP contribution in [0.4, 0.5) is 4.79 Å². The molecule has 0 radical (unpaired) electrons. The summed E-state index contributed by atoms with van der Waals surface area (Å²) in [6.45, 7) is 1.14. The van der Waals surface area contributed by atoms with E-state index in [4.69, 9.17) is 9.84 Å². The van der Waals surface area contributed by atoms with Crippen molar-refractivity contribution in [2.45, 2.75) is 12.8 Å². The number of carbonyl (C=O) groups is 3. The predicted octanol–water partition coefficient (Wildman–Crippen LogP) is -0.403. The van der Waals surface area contributed by atoms with Crippen molar-refractivity contribution in [3.05, 3.63) is 0 Å². The highest BCUT2D eigenvalue weighted by molar-refractivity contribution is 5.80. The van der Waals surface area contributed by atoms with Gasteiger partial charge >= 0.3 is 12.0 Å². The van der Waals surface area contributed by atoms with E-state index in [2.05, 4.69) is 5.32 Å². The Labute approximate surface area is 124 Å². The fourth-order valence-corrected chi connectivity index (χ4v) is 2.20. The summed E-state index contributed by atoms with van der Waals surface area (Å²) in [7, 11) is 3.37. The van der Waals surface area contributed by atoms with E-state index in [1.165, 1.54) is 4.90 Å². The van der Waals surface area contributed by atoms with Gasteiger partial charge in [0.2, 0.25) is 5.91 Å². The molecule has 0 aromatic rings. The number of piperidine rings is 1. The van der Waals surface area contributed by atoms with Crippen LogP contribution in [-0.2, 0) is 14.3 Å². The lowest BCUT2D eigenvalue weighted by atomic mass is 9.97. The van der Waals surface area contributed by atoms with Gasteiger partial charge in [0.25, 0.3) is 0 Å². The van der Waals surface area contributed by atoms with Gasteiger partial charge in [-0.05, 0) is 12.8 Å². The van der Waals surface area contributed by atoms with Gasteiger partial charge < -0.3 is 25.0 Å². The molecule has 1 aliphatic heterocycles. The first kappa shape index (κ1) is 17.2. The van der Waals surface area contributed by atoms with Crippen molar-refractivity contribution in [2.75, 3.05) is 46.9 Å². The molecule has 1 heterocycles. The smallest absolute Gasteiger partial charge is 0.329 e. The van der Waals surface area contributed by atoms with Crippen molar-refractivity contribution in [2.24, 2.45) is 5.92 Å². The number of urea groups is 1. The molecule has 1 fully saturated rings. The SMILES string of the molecule is CN(C)C(=O)N1CCCC(C(=O)NCCOCC(=O)O)C1. The molecule has 0 aromatic heterocycles. The number of hydrogen-bond acceptors (Lipinski definition) is 4. The fourth-order valence-electron chi connectivity index (χ4n) is 2.20. The Kier molecular flexibility index (Phi) is 6.93. The second kappa shape index (κ2) is 8.46. The lowest BCUT2D eigenvalue weighted by Crippen LogP contribution is -2.48. The number of likely N-dealkylation sites (tertiary alicyclic amines) is 1. The number of ether oxygens (including phenoxy) is 1. The van der Waals surface area contributed by atoms with Crippen molar-refractivity contribution in [1.82, 2.24) is 15.1 Å². The molecule has 21 heavy (non-hydrogen) atoms. The number of carboxylic acids is 1. The zero-order valence-corrected chi connectivity index (χ0v) is 12.5. The van der Waals surface area contributed by atoms with Crippen LogP contribution in [-0.4, -0.2) is 79.8 Å². The minimum atomic E-state index is -1.04. The minimum Gasteiger partial charge on any atom is -0.480 e. The fraction of sp³-hybridized carbons (Fsp3) is 0.769. The Balaban J connectivity index is 2.30. The summed E-state index contributed by atoms with van der Waals surface area (Å²) in [6, 6.07) is -0.0858. The lowest BCUT2D eigenvalue weighted by Gasteiger charge is -2.33. The third-order valence-electron chi connectivity index (χ3n) is 3.22. The first-order chi connectivity index (χ1) is 9.91. The van der Waals surface area contributed by atoms with Crippen LogP contribution in [0.5, 0.6) is 0 Å². The van der Waals surface area contributed by atoms with Gasteiger partial charge in [0.05, 0.1) is 12.5 Å². The number of nitrogens with one attached hydrogen (secondary N) is 1. The Bertz CT molecular complexity index is 386. The van der Waals surface area contributed by atoms with E-state index in [1.54, 1.807) is 19.0 Å². The number of rotatable bonds is 6. The van der Waals surface area contributed by atoms with E-state index in [0.717, 1.165) is 12.8 Å². The van der Waals surface area contributed by atoms with Gasteiger partial charge in [-0.15, -0.1) is 0 Å². The number of carboxylic acid groups (broad SMARTS) is 1. The van der Waals surface area contributed by atoms with Crippen molar-refractivity contribution in [3.8, 4) is 0 Å². The number of hydrogen-bond donors (Lipinski definition) is 2. The second-order valence-corrected chi connectivity index (χ2v) is 5.20. The van der Waals surface area contributed by atoms with Crippen LogP contribution in [0.3, 0.4) is 0 Å². The van der Waals surface area contributed by atoms with Crippen LogP contribution >= 0.6 is 0 Å². The predicted molar refractivity (Wildman–Crippen MR) is 74.8 cm³/mol. The normalized spacial score (nSPS) is 18.2. The van der Waals surface area contributed by atoms with E-state index in [1.807, 2.05) is 0 Å². The highest BCUT2D eigenvalue weighted by Crippen LogP contribution is 2.17. The second-order valence-electron chi connectivity index (χ2n) is 5.20. The molecule has 3 amide bonds. The van der Waals surface area contributed by atoms with Crippen LogP contribution in [0, 0.1) is 5.92 Å². The standard InChI is InChI=1S/C13H23N3O5/c1-15(2)13(20)16-6-3-4-10(8-16)12(19)14-5-7-21-9-11(17)18/h10H,3-9H2,1-2H3,(H,14,19)(H,17,18). The van der Waals surface area contributed by atoms with E-state index in [9.17, 15) is 14.4 Å². The molecule has 0 spiro atoms. The summed E-state index contributed by atoms with van der Waals surface area (Å²) in [5.74, 6) is -1.38. The molecule has 8 heteroatoms. The molecule has 1 saturated heterocycles. The Hall–Kier alpha value is -1.83. The monoisotopic (exact) mass is 301 g/mol. The zero-order chi connectivity index (χ0) is 15.8. The molecule has 1 rings (SSSR count). The van der Waals surface area contributed by atoms with Crippen molar-refractivity contribution >= 4 is 17.9 Å². The molecular formula is C13H23N3O5. The highest BCUT2D eigenvalue weighted by atomic mass is 16.5. The summed E-state index contributed by atoms with van der Waals surface area (Å²) in [5.41, 5.74) is 0. The van der Waals surface area contributed by atoms with Crippen molar-refractivity contribution < 1.29 is 24.2 Å². The largest absolute Gasteiger partial charge is 0.480 e. The maximum Gasteiger partial charge on any atom is 0.329 e. The molecule has 0 aliphatic carbocycles. The molecule has 1 atom stereocenters. The third-order valence-corrected chi connectivity index (χ3v) is 3.22. The van der Waals surface area contributed by atoms with Gasteiger partial charge in [0.1, 0.15) is 6.61 Å². The number of carbonyl (C=O) groups excluding carboxylic acids is 2. The molecule has 120 valence electrons. The summed E-state index contributed by atoms with van der Waals surface area (Å²) >= 11 is 0. The summed E-state index contributed by atoms with van der Waals surface area (Å²) < 4.78 is 4.84. The van der Waals surface area contributed by atoms with Gasteiger partial charge in [-0.3, -0.25) is 4.79 Å². The maximum atomic E-state index is 12.0. The number of nitrogens with zero attached hydrogens (tertiary/aromatic N) is 2. The van der Waals surface area contributed by atoms with Gasteiger partial charge in [0.15, 0.2) is 0 Å². The number of amides is 3. The quantitative estimate of drug-likeness (QED) is 0.650. The molecule has 0 aromatic carbocycles. The molecule has 1 unspecified atom stereocenters. The van der Waals surface area contributed by atoms with Crippen LogP contribution in [0.2, 0.25) is 0 Å². The summed E-state index contributed by atoms with van der Waals surface area (Å²) in [5, 5.41) is 11.1. The zero-order valence-electron chi connectivity index (χ0n) is 12.5. The highest BCUT2D eigenvalue weighted by Gasteiger charge is 2.28. The summed E-state index contributed by atoms with van der Waals surface area (Å²) in [4.78, 5) is 37.3. The average molecular weight is 301 g/mol. The van der Waals surface area contributed by atoms with Gasteiger partial charge in [0, 0.05) is 33.7 Å². The minimum absolute atomic E-state index is 0.0858. The summed E-state index contributed by atoms with van der Waals surface area (Å²) in [6.07, 6.45) is 1.55. The molecule has 8 nitrogen and oxygen atoms in total. The van der Waals surface area contributed by atoms with Gasteiger partial charge in [-0.2, -0.15) is 0 Å². The first-order valence-electron chi connectivity index (χ1n) is 6.95. The van der Waals surface area contributed by atoms with E-state index in [0.29, 0.717) is 13.1 Å². The Morgan fingerprint density at radius 2 is 2.10 bits per heavy atom. The van der Waals surface area contributed by atoms with E-state index >= 15 is 0 Å². The average Bonchev–Trinajstić information content (AvgIpc) is 2.45. The lowest BCUT2D eigenvalue weighted by molar-refractivity contribution is -0.142. The molecule has 0 bridgehead atoms. The van der Waals surface area contributed by atoms with Crippen LogP contribution in [0.25, 0.3) is 0 Å². The molecule has 0 saturated carbocycles. The maximum absolute atomic E-state index is 12.0. The third kappa shape index (κ3) is 5.99. The van der Waals surface area contributed by atoms with Crippen LogP contribution < -0.4 is 5.32 Å². The van der Waals surface area contributed by atoms with Crippen LogP contribution in [0.1, 0.15) is 12.8 Å². The number of aliphatic carboxylic acids is 1. The molecule has 1 aliphatic rings. The van der Waals surface area contributed by atoms with Crippen molar-refractivity contribution in [1.29, 1.82) is 0 Å². The van der Waals surface area contributed by atoms with Gasteiger partial charge in [-0.1, -0.05) is 0 Å².